The zero-order valence-electron chi connectivity index (χ0n) is 17.1. The number of fused-ring (bicyclic) bond motifs is 1. The molecule has 2 aromatic carbocycles. The molecule has 0 fully saturated rings. The third-order valence-electron chi connectivity index (χ3n) is 5.67. The summed E-state index contributed by atoms with van der Waals surface area (Å²) in [5.74, 6) is 2.69. The van der Waals surface area contributed by atoms with Gasteiger partial charge in [-0.05, 0) is 42.5 Å². The number of rotatable bonds is 4. The van der Waals surface area contributed by atoms with Gasteiger partial charge in [0, 0.05) is 17.7 Å². The van der Waals surface area contributed by atoms with Crippen LogP contribution < -0.4 is 10.1 Å². The maximum absolute atomic E-state index is 13.0. The van der Waals surface area contributed by atoms with Crippen molar-refractivity contribution in [2.75, 3.05) is 5.32 Å². The van der Waals surface area contributed by atoms with Gasteiger partial charge in [-0.15, -0.1) is 0 Å². The number of aryl methyl sites for hydroxylation is 1. The number of carbonyl (C=O) groups excluding carboxylic acids is 1. The molecule has 0 unspecified atom stereocenters. The second-order valence-corrected chi connectivity index (χ2v) is 8.13. The number of benzene rings is 2. The Kier molecular flexibility index (Phi) is 4.62. The van der Waals surface area contributed by atoms with Crippen LogP contribution in [0.3, 0.4) is 0 Å². The van der Waals surface area contributed by atoms with Gasteiger partial charge in [0.05, 0.1) is 0 Å². The van der Waals surface area contributed by atoms with E-state index >= 15 is 0 Å². The molecule has 2 atom stereocenters. The molecule has 1 aromatic heterocycles. The van der Waals surface area contributed by atoms with E-state index in [1.165, 1.54) is 0 Å². The minimum Gasteiger partial charge on any atom is -0.489 e. The molecule has 0 radical (unpaired) electrons. The van der Waals surface area contributed by atoms with Crippen molar-refractivity contribution in [2.45, 2.75) is 39.3 Å². The number of hydrogen-bond donors (Lipinski definition) is 1. The number of aromatic nitrogens is 3. The standard InChI is InChI=1S/C24H24N4O2/c1-15-12-20-22(21(29)13-15)23(28-24(26-20)25-16(2)27-28)18-8-10-19(11-9-18)30-14-17-6-4-3-5-7-17/h3-11,15,23H,12-14H2,1-2H3,(H,25,26,27)/t15-,23-/m1/s1. The summed E-state index contributed by atoms with van der Waals surface area (Å²) in [5.41, 5.74) is 3.92. The largest absolute Gasteiger partial charge is 0.489 e. The van der Waals surface area contributed by atoms with Crippen molar-refractivity contribution in [2.24, 2.45) is 5.92 Å². The first-order valence-electron chi connectivity index (χ1n) is 10.3. The Morgan fingerprint density at radius 1 is 1.10 bits per heavy atom. The Morgan fingerprint density at radius 2 is 1.87 bits per heavy atom. The number of allylic oxidation sites excluding steroid dienone is 2. The van der Waals surface area contributed by atoms with Crippen LogP contribution in [0.25, 0.3) is 0 Å². The number of anilines is 1. The Labute approximate surface area is 175 Å². The number of ketones is 1. The first-order valence-corrected chi connectivity index (χ1v) is 10.3. The lowest BCUT2D eigenvalue weighted by atomic mass is 9.81. The summed E-state index contributed by atoms with van der Waals surface area (Å²) in [6.45, 7) is 4.50. The van der Waals surface area contributed by atoms with Gasteiger partial charge in [-0.2, -0.15) is 10.1 Å². The summed E-state index contributed by atoms with van der Waals surface area (Å²) >= 11 is 0. The molecule has 0 saturated heterocycles. The molecule has 2 aliphatic rings. The zero-order chi connectivity index (χ0) is 20.7. The van der Waals surface area contributed by atoms with Gasteiger partial charge < -0.3 is 10.1 Å². The second-order valence-electron chi connectivity index (χ2n) is 8.13. The zero-order valence-corrected chi connectivity index (χ0v) is 17.1. The fraction of sp³-hybridized carbons (Fsp3) is 0.292. The average molecular weight is 400 g/mol. The summed E-state index contributed by atoms with van der Waals surface area (Å²) in [5, 5.41) is 7.93. The number of ether oxygens (including phenoxy) is 1. The normalized spacial score (nSPS) is 20.4. The molecule has 0 amide bonds. The SMILES string of the molecule is Cc1nc2n(n1)[C@H](c1ccc(OCc3ccccc3)cc1)C1=C(C[C@@H](C)CC1=O)N2. The van der Waals surface area contributed by atoms with Crippen LogP contribution in [0.2, 0.25) is 0 Å². The predicted molar refractivity (Wildman–Crippen MR) is 114 cm³/mol. The second kappa shape index (κ2) is 7.44. The number of Topliss-reactive ketones (excluding diaryl/α,β-unsaturated/α-hetero) is 1. The van der Waals surface area contributed by atoms with Crippen molar-refractivity contribution in [3.05, 3.63) is 82.8 Å². The molecule has 0 saturated carbocycles. The molecule has 1 aliphatic carbocycles. The van der Waals surface area contributed by atoms with Crippen LogP contribution in [0, 0.1) is 12.8 Å². The highest BCUT2D eigenvalue weighted by Crippen LogP contribution is 2.41. The number of nitrogens with zero attached hydrogens (tertiary/aromatic N) is 3. The Balaban J connectivity index is 1.46. The summed E-state index contributed by atoms with van der Waals surface area (Å²) in [6.07, 6.45) is 1.42. The van der Waals surface area contributed by atoms with E-state index in [9.17, 15) is 4.79 Å². The van der Waals surface area contributed by atoms with E-state index in [1.54, 1.807) is 0 Å². The smallest absolute Gasteiger partial charge is 0.226 e. The molecule has 6 nitrogen and oxygen atoms in total. The lowest BCUT2D eigenvalue weighted by Gasteiger charge is -2.34. The third kappa shape index (κ3) is 3.38. The molecule has 30 heavy (non-hydrogen) atoms. The lowest BCUT2D eigenvalue weighted by Crippen LogP contribution is -2.33. The van der Waals surface area contributed by atoms with E-state index in [4.69, 9.17) is 4.74 Å². The highest BCUT2D eigenvalue weighted by atomic mass is 16.5. The fourth-order valence-corrected chi connectivity index (χ4v) is 4.31. The maximum Gasteiger partial charge on any atom is 0.226 e. The molecule has 2 heterocycles. The fourth-order valence-electron chi connectivity index (χ4n) is 4.31. The van der Waals surface area contributed by atoms with Crippen LogP contribution in [-0.2, 0) is 11.4 Å². The topological polar surface area (TPSA) is 69.0 Å². The highest BCUT2D eigenvalue weighted by molar-refractivity contribution is 5.99. The monoisotopic (exact) mass is 400 g/mol. The molecular formula is C24H24N4O2. The quantitative estimate of drug-likeness (QED) is 0.701. The van der Waals surface area contributed by atoms with Crippen molar-refractivity contribution in [3.8, 4) is 5.75 Å². The van der Waals surface area contributed by atoms with E-state index in [1.807, 2.05) is 66.2 Å². The van der Waals surface area contributed by atoms with Crippen LogP contribution >= 0.6 is 0 Å². The van der Waals surface area contributed by atoms with Gasteiger partial charge >= 0.3 is 0 Å². The third-order valence-corrected chi connectivity index (χ3v) is 5.67. The van der Waals surface area contributed by atoms with Gasteiger partial charge in [0.25, 0.3) is 0 Å². The number of nitrogens with one attached hydrogen (secondary N) is 1. The van der Waals surface area contributed by atoms with Crippen LogP contribution in [0.15, 0.2) is 65.9 Å². The van der Waals surface area contributed by atoms with Crippen LogP contribution in [0.5, 0.6) is 5.75 Å². The summed E-state index contributed by atoms with van der Waals surface area (Å²) in [7, 11) is 0. The molecule has 5 rings (SSSR count). The average Bonchev–Trinajstić information content (AvgIpc) is 3.11. The molecule has 1 aliphatic heterocycles. The Hall–Kier alpha value is -3.41. The molecule has 6 heteroatoms. The first-order chi connectivity index (χ1) is 14.6. The van der Waals surface area contributed by atoms with Gasteiger partial charge in [0.15, 0.2) is 5.78 Å². The van der Waals surface area contributed by atoms with Crippen molar-refractivity contribution in [1.29, 1.82) is 0 Å². The van der Waals surface area contributed by atoms with E-state index in [2.05, 4.69) is 22.3 Å². The van der Waals surface area contributed by atoms with Crippen molar-refractivity contribution in [3.63, 3.8) is 0 Å². The number of hydrogen-bond acceptors (Lipinski definition) is 5. The Morgan fingerprint density at radius 3 is 2.63 bits per heavy atom. The molecular weight excluding hydrogens is 376 g/mol. The summed E-state index contributed by atoms with van der Waals surface area (Å²) < 4.78 is 7.76. The van der Waals surface area contributed by atoms with Crippen LogP contribution in [0.4, 0.5) is 5.95 Å². The van der Waals surface area contributed by atoms with Gasteiger partial charge in [-0.3, -0.25) is 4.79 Å². The molecule has 3 aromatic rings. The summed E-state index contributed by atoms with van der Waals surface area (Å²) in [6, 6.07) is 17.8. The molecule has 0 bridgehead atoms. The van der Waals surface area contributed by atoms with Gasteiger partial charge in [-0.1, -0.05) is 49.4 Å². The lowest BCUT2D eigenvalue weighted by molar-refractivity contribution is -0.117. The van der Waals surface area contributed by atoms with E-state index in [0.717, 1.165) is 34.6 Å². The molecule has 1 N–H and O–H groups in total. The van der Waals surface area contributed by atoms with E-state index < -0.39 is 0 Å². The van der Waals surface area contributed by atoms with Crippen molar-refractivity contribution < 1.29 is 9.53 Å². The minimum atomic E-state index is -0.263. The summed E-state index contributed by atoms with van der Waals surface area (Å²) in [4.78, 5) is 17.5. The first kappa shape index (κ1) is 18.6. The Bertz CT molecular complexity index is 1120. The van der Waals surface area contributed by atoms with Gasteiger partial charge in [0.2, 0.25) is 5.95 Å². The van der Waals surface area contributed by atoms with E-state index in [0.29, 0.717) is 30.7 Å². The molecule has 152 valence electrons. The van der Waals surface area contributed by atoms with E-state index in [-0.39, 0.29) is 11.8 Å². The van der Waals surface area contributed by atoms with Crippen molar-refractivity contribution >= 4 is 11.7 Å². The van der Waals surface area contributed by atoms with Crippen molar-refractivity contribution in [1.82, 2.24) is 14.8 Å². The maximum atomic E-state index is 13.0. The van der Waals surface area contributed by atoms with Crippen LogP contribution in [0.1, 0.15) is 42.8 Å². The van der Waals surface area contributed by atoms with Gasteiger partial charge in [-0.25, -0.2) is 4.68 Å². The number of carbonyl (C=O) groups is 1. The molecule has 0 spiro atoms. The minimum absolute atomic E-state index is 0.185. The van der Waals surface area contributed by atoms with Crippen LogP contribution in [-0.4, -0.2) is 20.5 Å². The van der Waals surface area contributed by atoms with Gasteiger partial charge in [0.1, 0.15) is 24.2 Å². The highest BCUT2D eigenvalue weighted by Gasteiger charge is 2.38. The predicted octanol–water partition coefficient (Wildman–Crippen LogP) is 4.43.